The molecule has 5 heteroatoms. The monoisotopic (exact) mass is 217 g/mol. The number of hydrogen-bond donors (Lipinski definition) is 2. The van der Waals surface area contributed by atoms with Gasteiger partial charge in [0.05, 0.1) is 0 Å². The first-order chi connectivity index (χ1) is 6.77. The number of carbonyl (C=O) groups excluding carboxylic acids is 1. The second kappa shape index (κ2) is 5.85. The van der Waals surface area contributed by atoms with Crippen molar-refractivity contribution >= 4 is 5.97 Å². The van der Waals surface area contributed by atoms with Gasteiger partial charge in [-0.1, -0.05) is 10.6 Å². The summed E-state index contributed by atoms with van der Waals surface area (Å²) in [7, 11) is 0. The molecule has 15 heavy (non-hydrogen) atoms. The quantitative estimate of drug-likeness (QED) is 0.413. The van der Waals surface area contributed by atoms with Gasteiger partial charge in [0.15, 0.2) is 0 Å². The Hall–Kier alpha value is -0.910. The third kappa shape index (κ3) is 4.42. The zero-order valence-corrected chi connectivity index (χ0v) is 9.81. The SMILES string of the molecule is CC(C)=C(C)C(=O)ON(C(C)O)C(C)O. The zero-order chi connectivity index (χ0) is 12.2. The van der Waals surface area contributed by atoms with Gasteiger partial charge < -0.3 is 15.1 Å². The molecule has 0 aromatic heterocycles. The fourth-order valence-electron chi connectivity index (χ4n) is 0.833. The summed E-state index contributed by atoms with van der Waals surface area (Å²) in [6, 6.07) is 0. The van der Waals surface area contributed by atoms with Gasteiger partial charge in [0.1, 0.15) is 12.5 Å². The maximum absolute atomic E-state index is 11.5. The van der Waals surface area contributed by atoms with Gasteiger partial charge in [-0.3, -0.25) is 0 Å². The molecule has 0 aromatic rings. The van der Waals surface area contributed by atoms with Crippen LogP contribution >= 0.6 is 0 Å². The molecule has 0 aliphatic carbocycles. The summed E-state index contributed by atoms with van der Waals surface area (Å²) in [5.74, 6) is -0.572. The summed E-state index contributed by atoms with van der Waals surface area (Å²) < 4.78 is 0. The van der Waals surface area contributed by atoms with Crippen molar-refractivity contribution in [3.63, 3.8) is 0 Å². The molecule has 0 spiro atoms. The molecular formula is C10H19NO4. The fourth-order valence-corrected chi connectivity index (χ4v) is 0.833. The van der Waals surface area contributed by atoms with Crippen molar-refractivity contribution in [1.82, 2.24) is 5.06 Å². The number of allylic oxidation sites excluding steroid dienone is 1. The molecule has 0 saturated heterocycles. The lowest BCUT2D eigenvalue weighted by molar-refractivity contribution is -0.273. The van der Waals surface area contributed by atoms with Crippen molar-refractivity contribution in [1.29, 1.82) is 0 Å². The highest BCUT2D eigenvalue weighted by molar-refractivity contribution is 5.88. The standard InChI is InChI=1S/C10H19NO4/c1-6(2)7(3)10(14)15-11(8(4)12)9(5)13/h8-9,12-13H,1-5H3. The van der Waals surface area contributed by atoms with Crippen molar-refractivity contribution in [3.8, 4) is 0 Å². The molecule has 0 radical (unpaired) electrons. The third-order valence-corrected chi connectivity index (χ3v) is 1.98. The lowest BCUT2D eigenvalue weighted by Gasteiger charge is -2.26. The van der Waals surface area contributed by atoms with Gasteiger partial charge in [-0.15, -0.1) is 0 Å². The van der Waals surface area contributed by atoms with Gasteiger partial charge in [-0.25, -0.2) is 4.79 Å². The van der Waals surface area contributed by atoms with E-state index >= 15 is 0 Å². The highest BCUT2D eigenvalue weighted by atomic mass is 16.7. The molecule has 0 aliphatic rings. The minimum absolute atomic E-state index is 0.460. The highest BCUT2D eigenvalue weighted by Gasteiger charge is 2.22. The van der Waals surface area contributed by atoms with Crippen LogP contribution in [-0.2, 0) is 9.63 Å². The van der Waals surface area contributed by atoms with E-state index in [1.54, 1.807) is 20.8 Å². The van der Waals surface area contributed by atoms with E-state index in [-0.39, 0.29) is 0 Å². The van der Waals surface area contributed by atoms with Crippen LogP contribution < -0.4 is 0 Å². The van der Waals surface area contributed by atoms with E-state index in [1.165, 1.54) is 13.8 Å². The van der Waals surface area contributed by atoms with Crippen LogP contribution in [0.5, 0.6) is 0 Å². The lowest BCUT2D eigenvalue weighted by Crippen LogP contribution is -2.41. The van der Waals surface area contributed by atoms with E-state index in [4.69, 9.17) is 4.84 Å². The van der Waals surface area contributed by atoms with Crippen LogP contribution in [0.1, 0.15) is 34.6 Å². The Labute approximate surface area is 89.9 Å². The first kappa shape index (κ1) is 14.1. The second-order valence-electron chi connectivity index (χ2n) is 3.63. The van der Waals surface area contributed by atoms with Crippen molar-refractivity contribution < 1.29 is 19.8 Å². The Balaban J connectivity index is 4.57. The lowest BCUT2D eigenvalue weighted by atomic mass is 10.2. The van der Waals surface area contributed by atoms with Gasteiger partial charge in [0.25, 0.3) is 0 Å². The normalized spacial score (nSPS) is 14.7. The first-order valence-corrected chi connectivity index (χ1v) is 4.78. The molecule has 0 bridgehead atoms. The topological polar surface area (TPSA) is 70.0 Å². The van der Waals surface area contributed by atoms with Gasteiger partial charge in [-0.05, 0) is 34.6 Å². The van der Waals surface area contributed by atoms with Gasteiger partial charge in [0, 0.05) is 5.57 Å². The van der Waals surface area contributed by atoms with Crippen molar-refractivity contribution in [3.05, 3.63) is 11.1 Å². The summed E-state index contributed by atoms with van der Waals surface area (Å²) in [6.45, 7) is 7.99. The predicted molar refractivity (Wildman–Crippen MR) is 55.3 cm³/mol. The Morgan fingerprint density at radius 2 is 1.53 bits per heavy atom. The Morgan fingerprint density at radius 3 is 1.80 bits per heavy atom. The molecule has 2 unspecified atom stereocenters. The Bertz CT molecular complexity index is 246. The van der Waals surface area contributed by atoms with E-state index in [0.717, 1.165) is 10.6 Å². The van der Waals surface area contributed by atoms with E-state index < -0.39 is 18.4 Å². The minimum Gasteiger partial charge on any atom is -0.375 e. The largest absolute Gasteiger partial charge is 0.375 e. The summed E-state index contributed by atoms with van der Waals surface area (Å²) >= 11 is 0. The third-order valence-electron chi connectivity index (χ3n) is 1.98. The van der Waals surface area contributed by atoms with Crippen LogP contribution in [0.25, 0.3) is 0 Å². The van der Waals surface area contributed by atoms with Crippen LogP contribution in [0, 0.1) is 0 Å². The van der Waals surface area contributed by atoms with Gasteiger partial charge >= 0.3 is 5.97 Å². The molecule has 0 amide bonds. The van der Waals surface area contributed by atoms with E-state index in [2.05, 4.69) is 0 Å². The van der Waals surface area contributed by atoms with Crippen LogP contribution in [-0.4, -0.2) is 33.7 Å². The van der Waals surface area contributed by atoms with E-state index in [9.17, 15) is 15.0 Å². The molecule has 2 N–H and O–H groups in total. The Kier molecular flexibility index (Phi) is 5.49. The van der Waals surface area contributed by atoms with Gasteiger partial charge in [0.2, 0.25) is 0 Å². The molecule has 2 atom stereocenters. The van der Waals surface area contributed by atoms with Crippen molar-refractivity contribution in [2.45, 2.75) is 47.1 Å². The number of nitrogens with zero attached hydrogens (tertiary/aromatic N) is 1. The second-order valence-corrected chi connectivity index (χ2v) is 3.63. The highest BCUT2D eigenvalue weighted by Crippen LogP contribution is 2.09. The molecule has 0 fully saturated rings. The number of hydrogen-bond acceptors (Lipinski definition) is 5. The molecular weight excluding hydrogens is 198 g/mol. The number of aliphatic hydroxyl groups excluding tert-OH is 2. The average Bonchev–Trinajstić information content (AvgIpc) is 2.11. The molecule has 0 aromatic carbocycles. The first-order valence-electron chi connectivity index (χ1n) is 4.78. The smallest absolute Gasteiger partial charge is 0.352 e. The molecule has 0 saturated carbocycles. The summed E-state index contributed by atoms with van der Waals surface area (Å²) in [5.41, 5.74) is 1.29. The fraction of sp³-hybridized carbons (Fsp3) is 0.700. The van der Waals surface area contributed by atoms with E-state index in [1.807, 2.05) is 0 Å². The molecule has 5 nitrogen and oxygen atoms in total. The summed E-state index contributed by atoms with van der Waals surface area (Å²) in [4.78, 5) is 16.3. The number of aliphatic hydroxyl groups is 2. The molecule has 0 aliphatic heterocycles. The minimum atomic E-state index is -1.06. The van der Waals surface area contributed by atoms with Crippen molar-refractivity contribution in [2.75, 3.05) is 0 Å². The van der Waals surface area contributed by atoms with Crippen molar-refractivity contribution in [2.24, 2.45) is 0 Å². The number of rotatable bonds is 4. The Morgan fingerprint density at radius 1 is 1.13 bits per heavy atom. The average molecular weight is 217 g/mol. The van der Waals surface area contributed by atoms with Gasteiger partial charge in [-0.2, -0.15) is 0 Å². The molecule has 88 valence electrons. The molecule has 0 heterocycles. The molecule has 0 rings (SSSR count). The summed E-state index contributed by atoms with van der Waals surface area (Å²) in [5, 5.41) is 19.3. The van der Waals surface area contributed by atoms with Crippen LogP contribution in [0.3, 0.4) is 0 Å². The van der Waals surface area contributed by atoms with Crippen LogP contribution in [0.15, 0.2) is 11.1 Å². The van der Waals surface area contributed by atoms with Crippen LogP contribution in [0.2, 0.25) is 0 Å². The predicted octanol–water partition coefficient (Wildman–Crippen LogP) is 0.779. The zero-order valence-electron chi connectivity index (χ0n) is 9.81. The maximum atomic E-state index is 11.5. The maximum Gasteiger partial charge on any atom is 0.352 e. The number of carbonyl (C=O) groups is 1. The number of hydroxylamine groups is 2. The van der Waals surface area contributed by atoms with E-state index in [0.29, 0.717) is 5.57 Å². The van der Waals surface area contributed by atoms with Crippen LogP contribution in [0.4, 0.5) is 0 Å². The summed E-state index contributed by atoms with van der Waals surface area (Å²) in [6.07, 6.45) is -2.11.